The molecule has 1 aromatic rings. The molecule has 19 heavy (non-hydrogen) atoms. The van der Waals surface area contributed by atoms with Crippen LogP contribution in [0.4, 0.5) is 4.79 Å². The minimum absolute atomic E-state index is 0.155. The van der Waals surface area contributed by atoms with Crippen LogP contribution >= 0.6 is 22.9 Å². The number of alkyl halides is 1. The first-order valence-corrected chi connectivity index (χ1v) is 7.64. The maximum absolute atomic E-state index is 11.2. The molecule has 0 spiro atoms. The van der Waals surface area contributed by atoms with Crippen molar-refractivity contribution >= 4 is 29.0 Å². The van der Waals surface area contributed by atoms with Crippen molar-refractivity contribution in [2.24, 2.45) is 0 Å². The van der Waals surface area contributed by atoms with Crippen LogP contribution in [0.25, 0.3) is 0 Å². The normalized spacial score (nSPS) is 21.3. The van der Waals surface area contributed by atoms with Gasteiger partial charge in [0.15, 0.2) is 0 Å². The number of likely N-dealkylation sites (tertiary alicyclic amines) is 1. The van der Waals surface area contributed by atoms with E-state index in [4.69, 9.17) is 11.6 Å². The Balaban J connectivity index is 1.91. The number of nitrogens with zero attached hydrogens (tertiary/aromatic N) is 2. The quantitative estimate of drug-likeness (QED) is 0.868. The Morgan fingerprint density at radius 1 is 1.79 bits per heavy atom. The molecule has 2 heterocycles. The zero-order chi connectivity index (χ0) is 13.8. The average Bonchev–Trinajstić information content (AvgIpc) is 3.06. The number of alkyl carbamates (subject to hydrolysis) is 1. The van der Waals surface area contributed by atoms with E-state index in [1.807, 2.05) is 5.38 Å². The molecule has 1 aliphatic rings. The number of carbonyl (C=O) groups is 1. The number of rotatable bonds is 4. The van der Waals surface area contributed by atoms with Crippen LogP contribution in [0.3, 0.4) is 0 Å². The number of halogens is 1. The van der Waals surface area contributed by atoms with E-state index in [2.05, 4.69) is 26.9 Å². The van der Waals surface area contributed by atoms with Crippen molar-refractivity contribution in [2.45, 2.75) is 31.3 Å². The highest BCUT2D eigenvalue weighted by atomic mass is 35.5. The molecular weight excluding hydrogens is 286 g/mol. The SMILES string of the molecule is COC(=O)NC1CCN(C(C)c2nc(CCl)cs2)C1. The summed E-state index contributed by atoms with van der Waals surface area (Å²) >= 11 is 7.41. The summed E-state index contributed by atoms with van der Waals surface area (Å²) in [5, 5.41) is 5.92. The van der Waals surface area contributed by atoms with Gasteiger partial charge in [0.1, 0.15) is 5.01 Å². The fourth-order valence-electron chi connectivity index (χ4n) is 2.21. The maximum Gasteiger partial charge on any atom is 0.407 e. The lowest BCUT2D eigenvalue weighted by atomic mass is 10.3. The van der Waals surface area contributed by atoms with E-state index < -0.39 is 0 Å². The molecule has 2 unspecified atom stereocenters. The van der Waals surface area contributed by atoms with Crippen LogP contribution in [0.1, 0.15) is 30.1 Å². The molecule has 0 aliphatic carbocycles. The minimum atomic E-state index is -0.363. The first kappa shape index (κ1) is 14.6. The molecular formula is C12H18ClN3O2S. The van der Waals surface area contributed by atoms with Gasteiger partial charge in [-0.1, -0.05) is 0 Å². The molecule has 106 valence electrons. The Morgan fingerprint density at radius 2 is 2.58 bits per heavy atom. The molecule has 1 aliphatic heterocycles. The number of thiazole rings is 1. The van der Waals surface area contributed by atoms with Gasteiger partial charge in [-0.2, -0.15) is 0 Å². The van der Waals surface area contributed by atoms with Gasteiger partial charge in [-0.3, -0.25) is 4.90 Å². The van der Waals surface area contributed by atoms with Gasteiger partial charge < -0.3 is 10.1 Å². The number of carbonyl (C=O) groups excluding carboxylic acids is 1. The average molecular weight is 304 g/mol. The van der Waals surface area contributed by atoms with Gasteiger partial charge in [-0.15, -0.1) is 22.9 Å². The molecule has 2 atom stereocenters. The van der Waals surface area contributed by atoms with Crippen LogP contribution in [0.2, 0.25) is 0 Å². The van der Waals surface area contributed by atoms with Gasteiger partial charge in [0, 0.05) is 24.5 Å². The monoisotopic (exact) mass is 303 g/mol. The third-order valence-corrected chi connectivity index (χ3v) is 4.68. The standard InChI is InChI=1S/C12H18ClN3O2S/c1-8(11-14-10(5-13)7-19-11)16-4-3-9(6-16)15-12(17)18-2/h7-9H,3-6H2,1-2H3,(H,15,17). The van der Waals surface area contributed by atoms with Crippen LogP contribution in [0.15, 0.2) is 5.38 Å². The van der Waals surface area contributed by atoms with Crippen LogP contribution in [0, 0.1) is 0 Å². The second kappa shape index (κ2) is 6.54. The topological polar surface area (TPSA) is 54.5 Å². The van der Waals surface area contributed by atoms with Crippen molar-refractivity contribution < 1.29 is 9.53 Å². The molecule has 0 bridgehead atoms. The molecule has 1 amide bonds. The summed E-state index contributed by atoms with van der Waals surface area (Å²) in [7, 11) is 1.38. The van der Waals surface area contributed by atoms with E-state index in [1.165, 1.54) is 7.11 Å². The Hall–Kier alpha value is -0.850. The highest BCUT2D eigenvalue weighted by Crippen LogP contribution is 2.27. The van der Waals surface area contributed by atoms with E-state index in [0.717, 1.165) is 30.2 Å². The zero-order valence-electron chi connectivity index (χ0n) is 11.1. The molecule has 1 aromatic heterocycles. The Bertz CT molecular complexity index is 440. The Kier molecular flexibility index (Phi) is 5.01. The minimum Gasteiger partial charge on any atom is -0.453 e. The van der Waals surface area contributed by atoms with E-state index in [0.29, 0.717) is 5.88 Å². The molecule has 1 fully saturated rings. The zero-order valence-corrected chi connectivity index (χ0v) is 12.6. The highest BCUT2D eigenvalue weighted by molar-refractivity contribution is 7.09. The number of amides is 1. The summed E-state index contributed by atoms with van der Waals surface area (Å²) in [5.74, 6) is 0.454. The summed E-state index contributed by atoms with van der Waals surface area (Å²) in [6, 6.07) is 0.411. The highest BCUT2D eigenvalue weighted by Gasteiger charge is 2.29. The van der Waals surface area contributed by atoms with Crippen LogP contribution in [-0.4, -0.2) is 42.2 Å². The van der Waals surface area contributed by atoms with Gasteiger partial charge in [-0.05, 0) is 13.3 Å². The molecule has 5 nitrogen and oxygen atoms in total. The number of aromatic nitrogens is 1. The molecule has 0 aromatic carbocycles. The summed E-state index contributed by atoms with van der Waals surface area (Å²) in [4.78, 5) is 18.0. The molecule has 1 saturated heterocycles. The maximum atomic E-state index is 11.2. The molecule has 1 N–H and O–H groups in total. The summed E-state index contributed by atoms with van der Waals surface area (Å²) < 4.78 is 4.62. The van der Waals surface area contributed by atoms with Gasteiger partial charge in [-0.25, -0.2) is 9.78 Å². The number of hydrogen-bond acceptors (Lipinski definition) is 5. The van der Waals surface area contributed by atoms with E-state index in [-0.39, 0.29) is 18.2 Å². The van der Waals surface area contributed by atoms with Crippen LogP contribution < -0.4 is 5.32 Å². The molecule has 7 heteroatoms. The van der Waals surface area contributed by atoms with Gasteiger partial charge in [0.25, 0.3) is 0 Å². The summed E-state index contributed by atoms with van der Waals surface area (Å²) in [6.45, 7) is 3.91. The lowest BCUT2D eigenvalue weighted by Crippen LogP contribution is -2.37. The largest absolute Gasteiger partial charge is 0.453 e. The van der Waals surface area contributed by atoms with Crippen molar-refractivity contribution in [1.82, 2.24) is 15.2 Å². The fraction of sp³-hybridized carbons (Fsp3) is 0.667. The fourth-order valence-corrected chi connectivity index (χ4v) is 3.35. The molecule has 0 saturated carbocycles. The van der Waals surface area contributed by atoms with Crippen molar-refractivity contribution in [1.29, 1.82) is 0 Å². The Labute approximate surface area is 121 Å². The van der Waals surface area contributed by atoms with Crippen molar-refractivity contribution in [2.75, 3.05) is 20.2 Å². The first-order valence-electron chi connectivity index (χ1n) is 6.22. The van der Waals surface area contributed by atoms with Crippen molar-refractivity contribution in [3.05, 3.63) is 16.1 Å². The second-order valence-electron chi connectivity index (χ2n) is 4.60. The summed E-state index contributed by atoms with van der Waals surface area (Å²) in [5.41, 5.74) is 0.928. The summed E-state index contributed by atoms with van der Waals surface area (Å²) in [6.07, 6.45) is 0.575. The van der Waals surface area contributed by atoms with Crippen molar-refractivity contribution in [3.8, 4) is 0 Å². The predicted molar refractivity (Wildman–Crippen MR) is 75.6 cm³/mol. The smallest absolute Gasteiger partial charge is 0.407 e. The Morgan fingerprint density at radius 3 is 3.21 bits per heavy atom. The van der Waals surface area contributed by atoms with E-state index in [1.54, 1.807) is 11.3 Å². The molecule has 2 rings (SSSR count). The number of ether oxygens (including phenoxy) is 1. The predicted octanol–water partition coefficient (Wildman–Crippen LogP) is 2.37. The number of nitrogens with one attached hydrogen (secondary N) is 1. The molecule has 0 radical (unpaired) electrons. The number of methoxy groups -OCH3 is 1. The van der Waals surface area contributed by atoms with E-state index >= 15 is 0 Å². The van der Waals surface area contributed by atoms with Gasteiger partial charge in [0.05, 0.1) is 24.7 Å². The third-order valence-electron chi connectivity index (χ3n) is 3.34. The van der Waals surface area contributed by atoms with Crippen molar-refractivity contribution in [3.63, 3.8) is 0 Å². The lowest BCUT2D eigenvalue weighted by Gasteiger charge is -2.22. The van der Waals surface area contributed by atoms with Crippen LogP contribution in [0.5, 0.6) is 0 Å². The second-order valence-corrected chi connectivity index (χ2v) is 5.76. The van der Waals surface area contributed by atoms with E-state index in [9.17, 15) is 4.79 Å². The number of hydrogen-bond donors (Lipinski definition) is 1. The first-order chi connectivity index (χ1) is 9.13. The lowest BCUT2D eigenvalue weighted by molar-refractivity contribution is 0.165. The third kappa shape index (κ3) is 3.58. The van der Waals surface area contributed by atoms with Gasteiger partial charge >= 0.3 is 6.09 Å². The van der Waals surface area contributed by atoms with Gasteiger partial charge in [0.2, 0.25) is 0 Å². The van der Waals surface area contributed by atoms with Crippen LogP contribution in [-0.2, 0) is 10.6 Å².